The Morgan fingerprint density at radius 1 is 1.17 bits per heavy atom. The third-order valence-corrected chi connectivity index (χ3v) is 3.15. The van der Waals surface area contributed by atoms with Crippen molar-refractivity contribution in [1.82, 2.24) is 0 Å². The Labute approximate surface area is 73.9 Å². The summed E-state index contributed by atoms with van der Waals surface area (Å²) in [6.07, 6.45) is 8.65. The summed E-state index contributed by atoms with van der Waals surface area (Å²) in [4.78, 5) is 0. The van der Waals surface area contributed by atoms with Crippen LogP contribution in [0.2, 0.25) is 0 Å². The van der Waals surface area contributed by atoms with Crippen LogP contribution < -0.4 is 0 Å². The predicted molar refractivity (Wildman–Crippen MR) is 46.9 cm³/mol. The van der Waals surface area contributed by atoms with Gasteiger partial charge in [-0.25, -0.2) is 0 Å². The van der Waals surface area contributed by atoms with Crippen molar-refractivity contribution in [1.29, 1.82) is 0 Å². The quantitative estimate of drug-likeness (QED) is 0.654. The highest BCUT2D eigenvalue weighted by Gasteiger charge is 2.43. The molecule has 1 unspecified atom stereocenters. The molecule has 1 heterocycles. The molecule has 0 radical (unpaired) electrons. The fourth-order valence-corrected chi connectivity index (χ4v) is 2.39. The molecule has 2 rings (SSSR count). The second-order valence-corrected chi connectivity index (χ2v) is 4.05. The highest BCUT2D eigenvalue weighted by atomic mass is 16.6. The molecular formula is C10H18O2. The van der Waals surface area contributed by atoms with Gasteiger partial charge in [0.25, 0.3) is 0 Å². The predicted octanol–water partition coefficient (Wildman–Crippen LogP) is 1.72. The van der Waals surface area contributed by atoms with Crippen LogP contribution in [-0.2, 0) is 4.74 Å². The highest BCUT2D eigenvalue weighted by molar-refractivity contribution is 4.91. The van der Waals surface area contributed by atoms with Gasteiger partial charge in [-0.05, 0) is 25.2 Å². The van der Waals surface area contributed by atoms with Gasteiger partial charge in [-0.15, -0.1) is 0 Å². The summed E-state index contributed by atoms with van der Waals surface area (Å²) in [5.41, 5.74) is 0. The van der Waals surface area contributed by atoms with Gasteiger partial charge in [0, 0.05) is 6.61 Å². The van der Waals surface area contributed by atoms with E-state index in [-0.39, 0.29) is 6.61 Å². The van der Waals surface area contributed by atoms with Gasteiger partial charge in [0.15, 0.2) is 0 Å². The van der Waals surface area contributed by atoms with Gasteiger partial charge in [-0.3, -0.25) is 0 Å². The Morgan fingerprint density at radius 3 is 2.58 bits per heavy atom. The zero-order valence-electron chi connectivity index (χ0n) is 7.54. The van der Waals surface area contributed by atoms with E-state index in [2.05, 4.69) is 0 Å². The zero-order chi connectivity index (χ0) is 8.39. The first-order chi connectivity index (χ1) is 5.92. The molecule has 1 aliphatic heterocycles. The van der Waals surface area contributed by atoms with Crippen LogP contribution in [0.15, 0.2) is 0 Å². The topological polar surface area (TPSA) is 32.8 Å². The van der Waals surface area contributed by atoms with Crippen molar-refractivity contribution in [3.8, 4) is 0 Å². The minimum Gasteiger partial charge on any atom is -0.396 e. The first kappa shape index (κ1) is 8.52. The summed E-state index contributed by atoms with van der Waals surface area (Å²) in [5.74, 6) is 0.815. The second-order valence-electron chi connectivity index (χ2n) is 4.05. The molecule has 0 amide bonds. The smallest absolute Gasteiger partial charge is 0.0870 e. The molecule has 2 heteroatoms. The van der Waals surface area contributed by atoms with Crippen molar-refractivity contribution in [3.05, 3.63) is 0 Å². The van der Waals surface area contributed by atoms with E-state index in [9.17, 15) is 0 Å². The van der Waals surface area contributed by atoms with Gasteiger partial charge < -0.3 is 9.84 Å². The maximum absolute atomic E-state index is 8.71. The molecule has 12 heavy (non-hydrogen) atoms. The lowest BCUT2D eigenvalue weighted by Crippen LogP contribution is -2.14. The van der Waals surface area contributed by atoms with Crippen LogP contribution in [0.25, 0.3) is 0 Å². The Bertz CT molecular complexity index is 141. The molecular weight excluding hydrogens is 152 g/mol. The zero-order valence-corrected chi connectivity index (χ0v) is 7.54. The van der Waals surface area contributed by atoms with E-state index < -0.39 is 0 Å². The van der Waals surface area contributed by atoms with E-state index in [4.69, 9.17) is 9.84 Å². The van der Waals surface area contributed by atoms with Gasteiger partial charge in [0.05, 0.1) is 12.2 Å². The Morgan fingerprint density at radius 2 is 1.92 bits per heavy atom. The Hall–Kier alpha value is -0.0800. The molecule has 1 saturated heterocycles. The summed E-state index contributed by atoms with van der Waals surface area (Å²) >= 11 is 0. The van der Waals surface area contributed by atoms with Crippen molar-refractivity contribution in [2.45, 2.75) is 50.7 Å². The van der Waals surface area contributed by atoms with Crippen molar-refractivity contribution in [3.63, 3.8) is 0 Å². The number of aliphatic hydroxyl groups excluding tert-OH is 1. The Balaban J connectivity index is 1.72. The van der Waals surface area contributed by atoms with Crippen LogP contribution in [0.3, 0.4) is 0 Å². The maximum atomic E-state index is 8.71. The summed E-state index contributed by atoms with van der Waals surface area (Å²) in [6.45, 7) is 0.286. The van der Waals surface area contributed by atoms with Gasteiger partial charge in [0.1, 0.15) is 0 Å². The minimum absolute atomic E-state index is 0.286. The summed E-state index contributed by atoms with van der Waals surface area (Å²) in [7, 11) is 0. The number of hydrogen-bond donors (Lipinski definition) is 1. The van der Waals surface area contributed by atoms with E-state index in [1.54, 1.807) is 0 Å². The van der Waals surface area contributed by atoms with Crippen molar-refractivity contribution < 1.29 is 9.84 Å². The van der Waals surface area contributed by atoms with E-state index in [0.717, 1.165) is 12.3 Å². The van der Waals surface area contributed by atoms with Crippen molar-refractivity contribution in [2.75, 3.05) is 6.61 Å². The molecule has 0 aromatic heterocycles. The molecule has 1 saturated carbocycles. The largest absolute Gasteiger partial charge is 0.396 e. The third-order valence-electron chi connectivity index (χ3n) is 3.15. The first-order valence-corrected chi connectivity index (χ1v) is 5.18. The van der Waals surface area contributed by atoms with Gasteiger partial charge in [0.2, 0.25) is 0 Å². The molecule has 2 fully saturated rings. The van der Waals surface area contributed by atoms with Crippen molar-refractivity contribution >= 4 is 0 Å². The van der Waals surface area contributed by atoms with Crippen LogP contribution in [-0.4, -0.2) is 23.9 Å². The lowest BCUT2D eigenvalue weighted by atomic mass is 9.85. The molecule has 2 aliphatic rings. The molecule has 2 atom stereocenters. The average molecular weight is 170 g/mol. The molecule has 0 bridgehead atoms. The van der Waals surface area contributed by atoms with Gasteiger partial charge in [-0.1, -0.05) is 19.3 Å². The van der Waals surface area contributed by atoms with E-state index >= 15 is 0 Å². The van der Waals surface area contributed by atoms with E-state index in [0.29, 0.717) is 12.2 Å². The number of aliphatic hydroxyl groups is 1. The van der Waals surface area contributed by atoms with Crippen LogP contribution >= 0.6 is 0 Å². The first-order valence-electron chi connectivity index (χ1n) is 5.18. The average Bonchev–Trinajstić information content (AvgIpc) is 2.87. The number of hydrogen-bond acceptors (Lipinski definition) is 2. The maximum Gasteiger partial charge on any atom is 0.0870 e. The van der Waals surface area contributed by atoms with Gasteiger partial charge >= 0.3 is 0 Å². The number of rotatable bonds is 3. The fraction of sp³-hybridized carbons (Fsp3) is 1.00. The van der Waals surface area contributed by atoms with Gasteiger partial charge in [-0.2, -0.15) is 0 Å². The number of epoxide rings is 1. The van der Waals surface area contributed by atoms with E-state index in [1.165, 1.54) is 32.1 Å². The molecule has 0 aromatic carbocycles. The summed E-state index contributed by atoms with van der Waals surface area (Å²) in [6, 6.07) is 0. The fourth-order valence-electron chi connectivity index (χ4n) is 2.39. The summed E-state index contributed by atoms with van der Waals surface area (Å²) in [5, 5.41) is 8.71. The SMILES string of the molecule is OCC[C@H]1OC1C1CCCCC1. The van der Waals surface area contributed by atoms with Crippen LogP contribution in [0.4, 0.5) is 0 Å². The molecule has 0 spiro atoms. The third kappa shape index (κ3) is 1.80. The highest BCUT2D eigenvalue weighted by Crippen LogP contribution is 2.39. The molecule has 0 aromatic rings. The Kier molecular flexibility index (Phi) is 2.66. The molecule has 2 nitrogen and oxygen atoms in total. The molecule has 1 aliphatic carbocycles. The minimum atomic E-state index is 0.286. The van der Waals surface area contributed by atoms with Crippen LogP contribution in [0, 0.1) is 5.92 Å². The molecule has 70 valence electrons. The normalized spacial score (nSPS) is 36.8. The monoisotopic (exact) mass is 170 g/mol. The summed E-state index contributed by atoms with van der Waals surface area (Å²) < 4.78 is 5.54. The van der Waals surface area contributed by atoms with Crippen molar-refractivity contribution in [2.24, 2.45) is 5.92 Å². The lowest BCUT2D eigenvalue weighted by molar-refractivity contribution is 0.248. The lowest BCUT2D eigenvalue weighted by Gasteiger charge is -2.19. The number of ether oxygens (including phenoxy) is 1. The van der Waals surface area contributed by atoms with Crippen LogP contribution in [0.5, 0.6) is 0 Å². The second kappa shape index (κ2) is 3.75. The van der Waals surface area contributed by atoms with E-state index in [1.807, 2.05) is 0 Å². The molecule has 1 N–H and O–H groups in total. The standard InChI is InChI=1S/C10H18O2/c11-7-6-9-10(12-9)8-4-2-1-3-5-8/h8-11H,1-7H2/t9-,10?/m1/s1. The van der Waals surface area contributed by atoms with Crippen LogP contribution in [0.1, 0.15) is 38.5 Å².